The Balaban J connectivity index is 1.78. The van der Waals surface area contributed by atoms with Crippen LogP contribution < -0.4 is 10.0 Å². The highest BCUT2D eigenvalue weighted by Crippen LogP contribution is 2.24. The summed E-state index contributed by atoms with van der Waals surface area (Å²) < 4.78 is 26.5. The zero-order valence-electron chi connectivity index (χ0n) is 11.7. The van der Waals surface area contributed by atoms with Crippen LogP contribution in [0.4, 0.5) is 5.69 Å². The van der Waals surface area contributed by atoms with Crippen molar-refractivity contribution < 1.29 is 8.42 Å². The number of anilines is 1. The number of nitrogens with one attached hydrogen (secondary N) is 2. The Bertz CT molecular complexity index is 556. The third-order valence-electron chi connectivity index (χ3n) is 3.24. The van der Waals surface area contributed by atoms with Crippen LogP contribution in [0.15, 0.2) is 18.2 Å². The molecule has 0 radical (unpaired) electrons. The molecule has 0 amide bonds. The summed E-state index contributed by atoms with van der Waals surface area (Å²) in [6, 6.07) is 5.97. The molecule has 112 valence electrons. The molecule has 1 saturated carbocycles. The lowest BCUT2D eigenvalue weighted by Crippen LogP contribution is -2.20. The van der Waals surface area contributed by atoms with Gasteiger partial charge >= 0.3 is 0 Å². The number of rotatable bonds is 8. The number of unbranched alkanes of at least 4 members (excludes halogenated alkanes) is 1. The fourth-order valence-electron chi connectivity index (χ4n) is 1.95. The van der Waals surface area contributed by atoms with E-state index >= 15 is 0 Å². The van der Waals surface area contributed by atoms with Gasteiger partial charge in [-0.25, -0.2) is 8.42 Å². The maximum Gasteiger partial charge on any atom is 0.232 e. The van der Waals surface area contributed by atoms with E-state index in [4.69, 9.17) is 11.6 Å². The topological polar surface area (TPSA) is 58.2 Å². The highest BCUT2D eigenvalue weighted by Gasteiger charge is 2.19. The molecule has 0 spiro atoms. The molecule has 1 aliphatic rings. The monoisotopic (exact) mass is 316 g/mol. The van der Waals surface area contributed by atoms with E-state index < -0.39 is 10.0 Å². The van der Waals surface area contributed by atoms with E-state index in [0.717, 1.165) is 18.5 Å². The van der Waals surface area contributed by atoms with Gasteiger partial charge in [0.2, 0.25) is 10.0 Å². The van der Waals surface area contributed by atoms with Crippen LogP contribution in [0.25, 0.3) is 0 Å². The lowest BCUT2D eigenvalue weighted by molar-refractivity contribution is 0.591. The van der Waals surface area contributed by atoms with Crippen molar-refractivity contribution in [1.82, 2.24) is 5.32 Å². The first-order valence-electron chi connectivity index (χ1n) is 6.96. The van der Waals surface area contributed by atoms with Gasteiger partial charge in [0.15, 0.2) is 0 Å². The van der Waals surface area contributed by atoms with Gasteiger partial charge in [-0.15, -0.1) is 0 Å². The van der Waals surface area contributed by atoms with E-state index in [1.807, 2.05) is 13.0 Å². The summed E-state index contributed by atoms with van der Waals surface area (Å²) in [7, 11) is -3.32. The summed E-state index contributed by atoms with van der Waals surface area (Å²) in [6.07, 6.45) is 4.04. The summed E-state index contributed by atoms with van der Waals surface area (Å²) in [4.78, 5) is 0. The Kier molecular flexibility index (Phi) is 5.29. The molecule has 0 unspecified atom stereocenters. The molecule has 2 rings (SSSR count). The first kappa shape index (κ1) is 15.6. The molecule has 0 atom stereocenters. The molecule has 2 N–H and O–H groups in total. The predicted molar refractivity (Wildman–Crippen MR) is 83.9 cm³/mol. The summed E-state index contributed by atoms with van der Waals surface area (Å²) >= 11 is 5.99. The summed E-state index contributed by atoms with van der Waals surface area (Å²) in [5.74, 6) is 0.129. The minimum atomic E-state index is -3.32. The Morgan fingerprint density at radius 2 is 2.05 bits per heavy atom. The number of hydrogen-bond acceptors (Lipinski definition) is 3. The fraction of sp³-hybridized carbons (Fsp3) is 0.571. The minimum Gasteiger partial charge on any atom is -0.314 e. The van der Waals surface area contributed by atoms with Gasteiger partial charge in [-0.3, -0.25) is 4.72 Å². The van der Waals surface area contributed by atoms with Gasteiger partial charge in [0.25, 0.3) is 0 Å². The van der Waals surface area contributed by atoms with Crippen molar-refractivity contribution in [3.63, 3.8) is 0 Å². The van der Waals surface area contributed by atoms with Crippen molar-refractivity contribution in [3.05, 3.63) is 28.8 Å². The highest BCUT2D eigenvalue weighted by molar-refractivity contribution is 7.92. The number of halogens is 1. The average Bonchev–Trinajstić information content (AvgIpc) is 3.17. The fourth-order valence-corrected chi connectivity index (χ4v) is 3.36. The normalized spacial score (nSPS) is 15.3. The molecule has 0 heterocycles. The quantitative estimate of drug-likeness (QED) is 0.725. The second-order valence-electron chi connectivity index (χ2n) is 5.34. The van der Waals surface area contributed by atoms with Crippen molar-refractivity contribution in [2.45, 2.75) is 38.6 Å². The van der Waals surface area contributed by atoms with Gasteiger partial charge in [-0.1, -0.05) is 17.7 Å². The lowest BCUT2D eigenvalue weighted by Gasteiger charge is -2.10. The molecular weight excluding hydrogens is 296 g/mol. The maximum absolute atomic E-state index is 12.0. The molecule has 4 nitrogen and oxygen atoms in total. The van der Waals surface area contributed by atoms with Crippen LogP contribution in [0.2, 0.25) is 5.02 Å². The van der Waals surface area contributed by atoms with Crippen LogP contribution in [0.5, 0.6) is 0 Å². The highest BCUT2D eigenvalue weighted by atomic mass is 35.5. The van der Waals surface area contributed by atoms with Gasteiger partial charge < -0.3 is 5.32 Å². The first-order chi connectivity index (χ1) is 9.46. The second kappa shape index (κ2) is 6.78. The van der Waals surface area contributed by atoms with Gasteiger partial charge in [-0.2, -0.15) is 0 Å². The SMILES string of the molecule is Cc1ccc(Cl)c(NS(=O)(=O)CCCCNC2CC2)c1. The minimum absolute atomic E-state index is 0.129. The van der Waals surface area contributed by atoms with Gasteiger partial charge in [0.05, 0.1) is 16.5 Å². The third-order valence-corrected chi connectivity index (χ3v) is 4.92. The number of hydrogen-bond donors (Lipinski definition) is 2. The lowest BCUT2D eigenvalue weighted by atomic mass is 10.2. The van der Waals surface area contributed by atoms with Crippen molar-refractivity contribution in [2.75, 3.05) is 17.0 Å². The van der Waals surface area contributed by atoms with Crippen LogP contribution >= 0.6 is 11.6 Å². The number of sulfonamides is 1. The molecule has 1 aromatic rings. The summed E-state index contributed by atoms with van der Waals surface area (Å²) in [5.41, 5.74) is 1.43. The molecule has 6 heteroatoms. The number of benzene rings is 1. The summed E-state index contributed by atoms with van der Waals surface area (Å²) in [6.45, 7) is 2.79. The molecule has 0 aliphatic heterocycles. The smallest absolute Gasteiger partial charge is 0.232 e. The van der Waals surface area contributed by atoms with E-state index in [0.29, 0.717) is 23.2 Å². The van der Waals surface area contributed by atoms with Crippen LogP contribution in [-0.4, -0.2) is 26.8 Å². The maximum atomic E-state index is 12.0. The Hall–Kier alpha value is -0.780. The molecule has 0 saturated heterocycles. The number of aryl methyl sites for hydroxylation is 1. The van der Waals surface area contributed by atoms with Crippen LogP contribution in [0, 0.1) is 6.92 Å². The Morgan fingerprint density at radius 3 is 2.75 bits per heavy atom. The van der Waals surface area contributed by atoms with E-state index in [1.165, 1.54) is 12.8 Å². The largest absolute Gasteiger partial charge is 0.314 e. The summed E-state index contributed by atoms with van der Waals surface area (Å²) in [5, 5.41) is 3.80. The van der Waals surface area contributed by atoms with Crippen LogP contribution in [0.3, 0.4) is 0 Å². The third kappa shape index (κ3) is 5.31. The molecule has 20 heavy (non-hydrogen) atoms. The average molecular weight is 317 g/mol. The molecule has 1 aliphatic carbocycles. The molecule has 1 fully saturated rings. The molecule has 0 bridgehead atoms. The van der Waals surface area contributed by atoms with E-state index in [2.05, 4.69) is 10.0 Å². The first-order valence-corrected chi connectivity index (χ1v) is 8.99. The van der Waals surface area contributed by atoms with E-state index in [9.17, 15) is 8.42 Å². The van der Waals surface area contributed by atoms with Crippen molar-refractivity contribution >= 4 is 27.3 Å². The van der Waals surface area contributed by atoms with E-state index in [-0.39, 0.29) is 5.75 Å². The van der Waals surface area contributed by atoms with Crippen molar-refractivity contribution in [3.8, 4) is 0 Å². The van der Waals surface area contributed by atoms with Crippen molar-refractivity contribution in [2.24, 2.45) is 0 Å². The zero-order valence-corrected chi connectivity index (χ0v) is 13.2. The van der Waals surface area contributed by atoms with Crippen molar-refractivity contribution in [1.29, 1.82) is 0 Å². The zero-order chi connectivity index (χ0) is 14.6. The van der Waals surface area contributed by atoms with Crippen LogP contribution in [-0.2, 0) is 10.0 Å². The molecular formula is C14H21ClN2O2S. The second-order valence-corrected chi connectivity index (χ2v) is 7.59. The van der Waals surface area contributed by atoms with Gasteiger partial charge in [-0.05, 0) is 56.8 Å². The van der Waals surface area contributed by atoms with E-state index in [1.54, 1.807) is 12.1 Å². The van der Waals surface area contributed by atoms with Gasteiger partial charge in [0.1, 0.15) is 0 Å². The Labute approximate surface area is 126 Å². The Morgan fingerprint density at radius 1 is 1.30 bits per heavy atom. The standard InChI is InChI=1S/C14H21ClN2O2S/c1-11-4-7-13(15)14(10-11)17-20(18,19)9-3-2-8-16-12-5-6-12/h4,7,10,12,16-17H,2-3,5-6,8-9H2,1H3. The van der Waals surface area contributed by atoms with Crippen LogP contribution in [0.1, 0.15) is 31.2 Å². The molecule has 1 aromatic carbocycles. The predicted octanol–water partition coefficient (Wildman–Crippen LogP) is 2.92. The molecule has 0 aromatic heterocycles. The van der Waals surface area contributed by atoms with Gasteiger partial charge in [0, 0.05) is 6.04 Å².